The maximum atomic E-state index is 12.9. The molecule has 2 aromatic carbocycles. The first-order valence-electron chi connectivity index (χ1n) is 11.8. The molecule has 0 bridgehead atoms. The molecule has 1 aliphatic carbocycles. The van der Waals surface area contributed by atoms with Gasteiger partial charge in [0.1, 0.15) is 11.5 Å². The minimum atomic E-state index is -0.384. The van der Waals surface area contributed by atoms with Gasteiger partial charge < -0.3 is 9.73 Å². The van der Waals surface area contributed by atoms with E-state index in [0.29, 0.717) is 29.9 Å². The molecule has 2 heterocycles. The van der Waals surface area contributed by atoms with Gasteiger partial charge in [0.05, 0.1) is 11.2 Å². The van der Waals surface area contributed by atoms with Gasteiger partial charge in [-0.2, -0.15) is 5.10 Å². The number of para-hydroxylation sites is 1. The number of benzene rings is 2. The maximum Gasteiger partial charge on any atom is 0.291 e. The van der Waals surface area contributed by atoms with E-state index in [4.69, 9.17) is 4.42 Å². The summed E-state index contributed by atoms with van der Waals surface area (Å²) in [7, 11) is 0. The SMILES string of the molecule is CCc1ccc(NC(=O)c2oc3c(c2C)/C(=N/NC(=O)c2ccc4ccccc4n2)CCC3)cc1. The van der Waals surface area contributed by atoms with Crippen molar-refractivity contribution in [1.82, 2.24) is 10.4 Å². The molecule has 0 unspecified atom stereocenters. The molecular formula is C28H26N4O3. The van der Waals surface area contributed by atoms with Crippen molar-refractivity contribution in [2.24, 2.45) is 5.10 Å². The Labute approximate surface area is 203 Å². The van der Waals surface area contributed by atoms with Crippen LogP contribution in [0.4, 0.5) is 5.69 Å². The van der Waals surface area contributed by atoms with Crippen LogP contribution in [0, 0.1) is 6.92 Å². The molecule has 0 saturated carbocycles. The van der Waals surface area contributed by atoms with Crippen LogP contribution in [0.3, 0.4) is 0 Å². The normalized spacial score (nSPS) is 14.1. The molecule has 0 radical (unpaired) electrons. The van der Waals surface area contributed by atoms with E-state index in [9.17, 15) is 9.59 Å². The minimum absolute atomic E-state index is 0.270. The van der Waals surface area contributed by atoms with Crippen molar-refractivity contribution in [2.45, 2.75) is 39.5 Å². The molecule has 0 saturated heterocycles. The van der Waals surface area contributed by atoms with Crippen LogP contribution in [0.25, 0.3) is 10.9 Å². The van der Waals surface area contributed by atoms with Crippen molar-refractivity contribution < 1.29 is 14.0 Å². The second-order valence-electron chi connectivity index (χ2n) is 8.60. The lowest BCUT2D eigenvalue weighted by Gasteiger charge is -2.13. The van der Waals surface area contributed by atoms with Crippen molar-refractivity contribution in [3.8, 4) is 0 Å². The van der Waals surface area contributed by atoms with Crippen LogP contribution in [-0.2, 0) is 12.8 Å². The third kappa shape index (κ3) is 4.57. The fourth-order valence-corrected chi connectivity index (χ4v) is 4.38. The van der Waals surface area contributed by atoms with E-state index in [0.717, 1.165) is 40.6 Å². The molecule has 35 heavy (non-hydrogen) atoms. The summed E-state index contributed by atoms with van der Waals surface area (Å²) in [6.45, 7) is 3.94. The number of hydrogen-bond donors (Lipinski definition) is 2. The van der Waals surface area contributed by atoms with Crippen molar-refractivity contribution in [3.63, 3.8) is 0 Å². The van der Waals surface area contributed by atoms with Crippen molar-refractivity contribution in [2.75, 3.05) is 5.32 Å². The lowest BCUT2D eigenvalue weighted by atomic mass is 9.93. The van der Waals surface area contributed by atoms with E-state index in [1.165, 1.54) is 5.56 Å². The lowest BCUT2D eigenvalue weighted by Crippen LogP contribution is -2.23. The van der Waals surface area contributed by atoms with Gasteiger partial charge in [-0.05, 0) is 56.0 Å². The predicted molar refractivity (Wildman–Crippen MR) is 136 cm³/mol. The lowest BCUT2D eigenvalue weighted by molar-refractivity contribution is 0.0949. The molecule has 2 amide bonds. The van der Waals surface area contributed by atoms with E-state index in [1.54, 1.807) is 6.07 Å². The van der Waals surface area contributed by atoms with Gasteiger partial charge in [-0.25, -0.2) is 10.4 Å². The zero-order valence-electron chi connectivity index (χ0n) is 19.7. The quantitative estimate of drug-likeness (QED) is 0.384. The molecule has 0 aliphatic heterocycles. The maximum absolute atomic E-state index is 12.9. The topological polar surface area (TPSA) is 96.6 Å². The van der Waals surface area contributed by atoms with Gasteiger partial charge in [0.15, 0.2) is 5.76 Å². The minimum Gasteiger partial charge on any atom is -0.455 e. The number of carbonyl (C=O) groups is 2. The van der Waals surface area contributed by atoms with E-state index in [1.807, 2.05) is 61.5 Å². The smallest absolute Gasteiger partial charge is 0.291 e. The van der Waals surface area contributed by atoms with Crippen LogP contribution < -0.4 is 10.7 Å². The molecule has 4 aromatic rings. The predicted octanol–water partition coefficient (Wildman–Crippen LogP) is 5.42. The number of aryl methyl sites for hydroxylation is 2. The third-order valence-corrected chi connectivity index (χ3v) is 6.28. The number of fused-ring (bicyclic) bond motifs is 2. The first-order valence-corrected chi connectivity index (χ1v) is 11.8. The molecule has 7 nitrogen and oxygen atoms in total. The third-order valence-electron chi connectivity index (χ3n) is 6.28. The van der Waals surface area contributed by atoms with Gasteiger partial charge in [0.25, 0.3) is 11.8 Å². The van der Waals surface area contributed by atoms with E-state index in [2.05, 4.69) is 27.8 Å². The fraction of sp³-hybridized carbons (Fsp3) is 0.214. The second kappa shape index (κ2) is 9.54. The van der Waals surface area contributed by atoms with Gasteiger partial charge in [0.2, 0.25) is 0 Å². The monoisotopic (exact) mass is 466 g/mol. The highest BCUT2D eigenvalue weighted by molar-refractivity contribution is 6.09. The highest BCUT2D eigenvalue weighted by atomic mass is 16.4. The Morgan fingerprint density at radius 3 is 2.60 bits per heavy atom. The highest BCUT2D eigenvalue weighted by Crippen LogP contribution is 2.30. The Kier molecular flexibility index (Phi) is 6.14. The van der Waals surface area contributed by atoms with Gasteiger partial charge in [0, 0.05) is 28.6 Å². The van der Waals surface area contributed by atoms with Crippen LogP contribution in [0.15, 0.2) is 70.2 Å². The number of amides is 2. The fourth-order valence-electron chi connectivity index (χ4n) is 4.38. The average molecular weight is 467 g/mol. The number of pyridine rings is 1. The van der Waals surface area contributed by atoms with E-state index < -0.39 is 0 Å². The van der Waals surface area contributed by atoms with Crippen molar-refractivity contribution >= 4 is 34.1 Å². The summed E-state index contributed by atoms with van der Waals surface area (Å²) < 4.78 is 5.97. The average Bonchev–Trinajstić information content (AvgIpc) is 3.24. The van der Waals surface area contributed by atoms with Gasteiger partial charge in [-0.3, -0.25) is 9.59 Å². The summed E-state index contributed by atoms with van der Waals surface area (Å²) in [5, 5.41) is 8.28. The van der Waals surface area contributed by atoms with Gasteiger partial charge >= 0.3 is 0 Å². The summed E-state index contributed by atoms with van der Waals surface area (Å²) >= 11 is 0. The van der Waals surface area contributed by atoms with Gasteiger partial charge in [-0.15, -0.1) is 0 Å². The number of rotatable bonds is 5. The first-order chi connectivity index (χ1) is 17.0. The standard InChI is InChI=1S/C28H26N4O3/c1-3-18-11-14-20(15-12-18)29-28(34)26-17(2)25-22(9-6-10-24(25)35-26)31-32-27(33)23-16-13-19-7-4-5-8-21(19)30-23/h4-5,7-8,11-16H,3,6,9-10H2,1-2H3,(H,29,34)(H,32,33)/b31-22+. The van der Waals surface area contributed by atoms with Crippen molar-refractivity contribution in [3.05, 3.63) is 94.6 Å². The number of nitrogens with one attached hydrogen (secondary N) is 2. The second-order valence-corrected chi connectivity index (χ2v) is 8.60. The molecule has 176 valence electrons. The molecule has 2 N–H and O–H groups in total. The van der Waals surface area contributed by atoms with Crippen molar-refractivity contribution in [1.29, 1.82) is 0 Å². The first kappa shape index (κ1) is 22.5. The number of furan rings is 1. The number of nitrogens with zero attached hydrogens (tertiary/aromatic N) is 2. The summed E-state index contributed by atoms with van der Waals surface area (Å²) in [6.07, 6.45) is 3.16. The zero-order chi connectivity index (χ0) is 24.4. The molecule has 2 aromatic heterocycles. The number of aromatic nitrogens is 1. The Balaban J connectivity index is 1.36. The zero-order valence-corrected chi connectivity index (χ0v) is 19.7. The number of hydrazone groups is 1. The van der Waals surface area contributed by atoms with Crippen LogP contribution in [0.5, 0.6) is 0 Å². The molecule has 0 atom stereocenters. The van der Waals surface area contributed by atoms with Crippen LogP contribution in [-0.4, -0.2) is 22.5 Å². The van der Waals surface area contributed by atoms with Crippen LogP contribution >= 0.6 is 0 Å². The Bertz CT molecular complexity index is 1450. The molecule has 7 heteroatoms. The Morgan fingerprint density at radius 1 is 1.00 bits per heavy atom. The summed E-state index contributed by atoms with van der Waals surface area (Å²) in [5.74, 6) is 0.304. The molecule has 5 rings (SSSR count). The van der Waals surface area contributed by atoms with Gasteiger partial charge in [-0.1, -0.05) is 43.3 Å². The van der Waals surface area contributed by atoms with E-state index in [-0.39, 0.29) is 17.6 Å². The number of anilines is 1. The van der Waals surface area contributed by atoms with E-state index >= 15 is 0 Å². The number of carbonyl (C=O) groups excluding carboxylic acids is 2. The largest absolute Gasteiger partial charge is 0.455 e. The molecule has 1 aliphatic rings. The summed E-state index contributed by atoms with van der Waals surface area (Å²) in [5.41, 5.74) is 7.82. The molecular weight excluding hydrogens is 440 g/mol. The Morgan fingerprint density at radius 2 is 1.80 bits per heavy atom. The summed E-state index contributed by atoms with van der Waals surface area (Å²) in [6, 6.07) is 18.9. The van der Waals surface area contributed by atoms with Crippen LogP contribution in [0.2, 0.25) is 0 Å². The highest BCUT2D eigenvalue weighted by Gasteiger charge is 2.28. The van der Waals surface area contributed by atoms with Crippen LogP contribution in [0.1, 0.15) is 63.3 Å². The summed E-state index contributed by atoms with van der Waals surface area (Å²) in [4.78, 5) is 30.1. The molecule has 0 spiro atoms. The Hall–Kier alpha value is -4.26. The number of hydrogen-bond acceptors (Lipinski definition) is 5. The molecule has 0 fully saturated rings.